The first kappa shape index (κ1) is 11.9. The SMILES string of the molecule is CCC(C)c1nnc2ccc(C(F)(F)F)cn12. The largest absolute Gasteiger partial charge is 0.417 e. The molecule has 1 unspecified atom stereocenters. The molecule has 0 fully saturated rings. The third kappa shape index (κ3) is 2.11. The standard InChI is InChI=1S/C11H12F3N3/c1-3-7(2)10-16-15-9-5-4-8(6-17(9)10)11(12,13)14/h4-7H,3H2,1-2H3. The molecule has 2 aromatic heterocycles. The van der Waals surface area contributed by atoms with Crippen molar-refractivity contribution in [2.75, 3.05) is 0 Å². The van der Waals surface area contributed by atoms with Crippen LogP contribution in [0.5, 0.6) is 0 Å². The van der Waals surface area contributed by atoms with E-state index in [-0.39, 0.29) is 5.92 Å². The van der Waals surface area contributed by atoms with Gasteiger partial charge in [0.25, 0.3) is 0 Å². The van der Waals surface area contributed by atoms with E-state index < -0.39 is 11.7 Å². The summed E-state index contributed by atoms with van der Waals surface area (Å²) in [6.45, 7) is 3.87. The Kier molecular flexibility index (Phi) is 2.81. The molecule has 0 aromatic carbocycles. The molecule has 0 saturated heterocycles. The van der Waals surface area contributed by atoms with Gasteiger partial charge < -0.3 is 0 Å². The van der Waals surface area contributed by atoms with Gasteiger partial charge in [-0.15, -0.1) is 10.2 Å². The minimum atomic E-state index is -4.34. The van der Waals surface area contributed by atoms with E-state index >= 15 is 0 Å². The van der Waals surface area contributed by atoms with E-state index in [0.29, 0.717) is 11.5 Å². The Hall–Kier alpha value is -1.59. The predicted octanol–water partition coefficient (Wildman–Crippen LogP) is 3.26. The molecule has 0 aliphatic carbocycles. The summed E-state index contributed by atoms with van der Waals surface area (Å²) in [5.74, 6) is 0.641. The average Bonchev–Trinajstić information content (AvgIpc) is 2.69. The van der Waals surface area contributed by atoms with Crippen LogP contribution >= 0.6 is 0 Å². The van der Waals surface area contributed by atoms with Crippen molar-refractivity contribution in [2.45, 2.75) is 32.4 Å². The number of aromatic nitrogens is 3. The minimum Gasteiger partial charge on any atom is -0.286 e. The van der Waals surface area contributed by atoms with Crippen molar-refractivity contribution in [1.82, 2.24) is 14.6 Å². The number of hydrogen-bond donors (Lipinski definition) is 0. The fourth-order valence-corrected chi connectivity index (χ4v) is 1.59. The number of fused-ring (bicyclic) bond motifs is 1. The van der Waals surface area contributed by atoms with Gasteiger partial charge in [0.05, 0.1) is 5.56 Å². The second-order valence-corrected chi connectivity index (χ2v) is 4.01. The summed E-state index contributed by atoms with van der Waals surface area (Å²) in [6, 6.07) is 2.35. The average molecular weight is 243 g/mol. The van der Waals surface area contributed by atoms with Gasteiger partial charge in [-0.2, -0.15) is 13.2 Å². The van der Waals surface area contributed by atoms with Gasteiger partial charge in [-0.1, -0.05) is 13.8 Å². The van der Waals surface area contributed by atoms with Gasteiger partial charge in [-0.25, -0.2) is 0 Å². The lowest BCUT2D eigenvalue weighted by atomic mass is 10.1. The molecular formula is C11H12F3N3. The van der Waals surface area contributed by atoms with Crippen molar-refractivity contribution in [2.24, 2.45) is 0 Å². The molecule has 0 spiro atoms. The molecular weight excluding hydrogens is 231 g/mol. The molecule has 0 aliphatic rings. The zero-order valence-electron chi connectivity index (χ0n) is 9.49. The molecule has 6 heteroatoms. The molecule has 3 nitrogen and oxygen atoms in total. The Morgan fingerprint density at radius 3 is 2.59 bits per heavy atom. The van der Waals surface area contributed by atoms with Crippen molar-refractivity contribution < 1.29 is 13.2 Å². The molecule has 17 heavy (non-hydrogen) atoms. The second kappa shape index (κ2) is 4.01. The molecule has 0 aliphatic heterocycles. The monoisotopic (exact) mass is 243 g/mol. The van der Waals surface area contributed by atoms with E-state index in [1.54, 1.807) is 0 Å². The topological polar surface area (TPSA) is 30.2 Å². The van der Waals surface area contributed by atoms with Crippen LogP contribution in [0.25, 0.3) is 5.65 Å². The summed E-state index contributed by atoms with van der Waals surface area (Å²) < 4.78 is 39.2. The van der Waals surface area contributed by atoms with Crippen molar-refractivity contribution in [1.29, 1.82) is 0 Å². The second-order valence-electron chi connectivity index (χ2n) is 4.01. The normalized spacial score (nSPS) is 14.2. The molecule has 0 radical (unpaired) electrons. The summed E-state index contributed by atoms with van der Waals surface area (Å²) in [7, 11) is 0. The molecule has 2 heterocycles. The fourth-order valence-electron chi connectivity index (χ4n) is 1.59. The molecule has 0 N–H and O–H groups in total. The maximum atomic E-state index is 12.6. The van der Waals surface area contributed by atoms with Crippen molar-refractivity contribution in [3.63, 3.8) is 0 Å². The zero-order valence-corrected chi connectivity index (χ0v) is 9.49. The van der Waals surface area contributed by atoms with Gasteiger partial charge in [-0.3, -0.25) is 4.40 Å². The van der Waals surface area contributed by atoms with E-state index in [0.717, 1.165) is 18.7 Å². The van der Waals surface area contributed by atoms with Gasteiger partial charge in [0.2, 0.25) is 0 Å². The summed E-state index contributed by atoms with van der Waals surface area (Å²) in [4.78, 5) is 0. The van der Waals surface area contributed by atoms with E-state index in [1.165, 1.54) is 10.5 Å². The highest BCUT2D eigenvalue weighted by molar-refractivity contribution is 5.40. The molecule has 0 saturated carbocycles. The van der Waals surface area contributed by atoms with Crippen molar-refractivity contribution in [3.8, 4) is 0 Å². The fraction of sp³-hybridized carbons (Fsp3) is 0.455. The minimum absolute atomic E-state index is 0.0773. The van der Waals surface area contributed by atoms with Crippen LogP contribution in [0.3, 0.4) is 0 Å². The Morgan fingerprint density at radius 1 is 1.29 bits per heavy atom. The van der Waals surface area contributed by atoms with Gasteiger partial charge in [0.1, 0.15) is 5.82 Å². The number of halogens is 3. The van der Waals surface area contributed by atoms with Crippen LogP contribution in [0.15, 0.2) is 18.3 Å². The number of pyridine rings is 1. The van der Waals surface area contributed by atoms with Gasteiger partial charge in [0.15, 0.2) is 5.65 Å². The summed E-state index contributed by atoms with van der Waals surface area (Å²) in [6.07, 6.45) is -2.49. The smallest absolute Gasteiger partial charge is 0.286 e. The lowest BCUT2D eigenvalue weighted by Gasteiger charge is -2.09. The van der Waals surface area contributed by atoms with Gasteiger partial charge in [0, 0.05) is 12.1 Å². The molecule has 0 amide bonds. The van der Waals surface area contributed by atoms with Crippen molar-refractivity contribution in [3.05, 3.63) is 29.7 Å². The third-order valence-corrected chi connectivity index (χ3v) is 2.81. The Bertz CT molecular complexity index is 530. The maximum absolute atomic E-state index is 12.6. The van der Waals surface area contributed by atoms with Crippen LogP contribution in [0, 0.1) is 0 Å². The number of rotatable bonds is 2. The van der Waals surface area contributed by atoms with E-state index in [2.05, 4.69) is 10.2 Å². The molecule has 1 atom stereocenters. The van der Waals surface area contributed by atoms with Crippen LogP contribution in [0.1, 0.15) is 37.6 Å². The Labute approximate surface area is 96.3 Å². The predicted molar refractivity (Wildman–Crippen MR) is 56.7 cm³/mol. The molecule has 2 aromatic rings. The van der Waals surface area contributed by atoms with Crippen LogP contribution in [-0.2, 0) is 6.18 Å². The molecule has 0 bridgehead atoms. The summed E-state index contributed by atoms with van der Waals surface area (Å²) in [5, 5.41) is 7.79. The van der Waals surface area contributed by atoms with E-state index in [9.17, 15) is 13.2 Å². The highest BCUT2D eigenvalue weighted by Crippen LogP contribution is 2.30. The van der Waals surface area contributed by atoms with Crippen molar-refractivity contribution >= 4 is 5.65 Å². The van der Waals surface area contributed by atoms with Crippen LogP contribution in [0.2, 0.25) is 0 Å². The highest BCUT2D eigenvalue weighted by Gasteiger charge is 2.31. The van der Waals surface area contributed by atoms with E-state index in [1.807, 2.05) is 13.8 Å². The first-order valence-electron chi connectivity index (χ1n) is 5.35. The quantitative estimate of drug-likeness (QED) is 0.810. The zero-order chi connectivity index (χ0) is 12.6. The third-order valence-electron chi connectivity index (χ3n) is 2.81. The van der Waals surface area contributed by atoms with Gasteiger partial charge >= 0.3 is 6.18 Å². The Balaban J connectivity index is 2.58. The van der Waals surface area contributed by atoms with Crippen LogP contribution in [-0.4, -0.2) is 14.6 Å². The van der Waals surface area contributed by atoms with E-state index in [4.69, 9.17) is 0 Å². The van der Waals surface area contributed by atoms with Crippen LogP contribution in [0.4, 0.5) is 13.2 Å². The molecule has 2 rings (SSSR count). The number of hydrogen-bond acceptors (Lipinski definition) is 2. The summed E-state index contributed by atoms with van der Waals surface area (Å²) >= 11 is 0. The van der Waals surface area contributed by atoms with Crippen LogP contribution < -0.4 is 0 Å². The molecule has 92 valence electrons. The van der Waals surface area contributed by atoms with Gasteiger partial charge in [-0.05, 0) is 18.6 Å². The lowest BCUT2D eigenvalue weighted by Crippen LogP contribution is -2.07. The number of alkyl halides is 3. The maximum Gasteiger partial charge on any atom is 0.417 e. The highest BCUT2D eigenvalue weighted by atomic mass is 19.4. The first-order valence-corrected chi connectivity index (χ1v) is 5.35. The summed E-state index contributed by atoms with van der Waals surface area (Å²) in [5.41, 5.74) is -0.248. The number of nitrogens with zero attached hydrogens (tertiary/aromatic N) is 3. The first-order chi connectivity index (χ1) is 7.93. The lowest BCUT2D eigenvalue weighted by molar-refractivity contribution is -0.137. The Morgan fingerprint density at radius 2 is 2.00 bits per heavy atom.